The molecule has 0 unspecified atom stereocenters. The Morgan fingerprint density at radius 3 is 2.76 bits per heavy atom. The number of hydrogen-bond donors (Lipinski definition) is 2. The summed E-state index contributed by atoms with van der Waals surface area (Å²) < 4.78 is 5.68. The Labute approximate surface area is 149 Å². The average molecular weight is 346 g/mol. The molecule has 0 radical (unpaired) electrons. The van der Waals surface area contributed by atoms with E-state index in [2.05, 4.69) is 13.0 Å². The number of carboxylic acids is 1. The van der Waals surface area contributed by atoms with Gasteiger partial charge in [0.05, 0.1) is 6.26 Å². The topological polar surface area (TPSA) is 70.7 Å². The third-order valence-corrected chi connectivity index (χ3v) is 7.84. The van der Waals surface area contributed by atoms with Gasteiger partial charge in [0.1, 0.15) is 5.76 Å². The largest absolute Gasteiger partial charge is 0.479 e. The minimum atomic E-state index is -1.49. The van der Waals surface area contributed by atoms with E-state index in [-0.39, 0.29) is 11.3 Å². The lowest BCUT2D eigenvalue weighted by Crippen LogP contribution is -2.43. The van der Waals surface area contributed by atoms with Gasteiger partial charge in [-0.1, -0.05) is 13.3 Å². The molecular weight excluding hydrogens is 316 g/mol. The van der Waals surface area contributed by atoms with Crippen molar-refractivity contribution in [2.75, 3.05) is 0 Å². The second-order valence-electron chi connectivity index (χ2n) is 8.88. The predicted octanol–water partition coefficient (Wildman–Crippen LogP) is 4.51. The summed E-state index contributed by atoms with van der Waals surface area (Å²) in [6.07, 6.45) is 11.7. The van der Waals surface area contributed by atoms with Crippen LogP contribution in [0.3, 0.4) is 0 Å². The lowest BCUT2D eigenvalue weighted by molar-refractivity contribution is -0.163. The van der Waals surface area contributed by atoms with E-state index >= 15 is 0 Å². The minimum absolute atomic E-state index is 0.0814. The number of fused-ring (bicyclic) bond motifs is 3. The van der Waals surface area contributed by atoms with Crippen molar-refractivity contribution in [3.63, 3.8) is 0 Å². The Kier molecular flexibility index (Phi) is 4.22. The first-order chi connectivity index (χ1) is 11.9. The molecule has 1 aromatic rings. The first kappa shape index (κ1) is 17.1. The number of aryl methyl sites for hydroxylation is 1. The van der Waals surface area contributed by atoms with E-state index in [0.29, 0.717) is 18.3 Å². The first-order valence-electron chi connectivity index (χ1n) is 9.97. The number of aliphatic hydroxyl groups is 1. The van der Waals surface area contributed by atoms with Gasteiger partial charge in [-0.3, -0.25) is 0 Å². The molecule has 4 rings (SSSR count). The molecule has 1 aromatic heterocycles. The van der Waals surface area contributed by atoms with Crippen LogP contribution in [0, 0.1) is 17.3 Å². The Hall–Kier alpha value is -1.29. The fourth-order valence-electron chi connectivity index (χ4n) is 6.25. The summed E-state index contributed by atoms with van der Waals surface area (Å²) in [5, 5.41) is 20.0. The monoisotopic (exact) mass is 346 g/mol. The van der Waals surface area contributed by atoms with Crippen LogP contribution in [0.25, 0.3) is 0 Å². The maximum atomic E-state index is 11.5. The summed E-state index contributed by atoms with van der Waals surface area (Å²) in [6, 6.07) is 2.17. The van der Waals surface area contributed by atoms with Crippen molar-refractivity contribution in [1.29, 1.82) is 0 Å². The van der Waals surface area contributed by atoms with E-state index in [1.807, 2.05) is 6.26 Å². The molecule has 0 spiro atoms. The third-order valence-electron chi connectivity index (χ3n) is 7.84. The molecule has 2 fully saturated rings. The van der Waals surface area contributed by atoms with Crippen molar-refractivity contribution in [3.8, 4) is 0 Å². The number of carbonyl (C=O) groups is 1. The van der Waals surface area contributed by atoms with Crippen LogP contribution in [0.2, 0.25) is 0 Å². The van der Waals surface area contributed by atoms with Gasteiger partial charge in [-0.25, -0.2) is 4.79 Å². The highest BCUT2D eigenvalue weighted by Gasteiger charge is 2.50. The zero-order valence-corrected chi connectivity index (χ0v) is 15.2. The Morgan fingerprint density at radius 2 is 1.96 bits per heavy atom. The molecule has 1 heterocycles. The fraction of sp³-hybridized carbons (Fsp3) is 0.762. The molecule has 2 N–H and O–H groups in total. The normalized spacial score (nSPS) is 40.5. The fourth-order valence-corrected chi connectivity index (χ4v) is 6.25. The summed E-state index contributed by atoms with van der Waals surface area (Å²) in [4.78, 5) is 11.5. The quantitative estimate of drug-likeness (QED) is 0.841. The molecule has 0 aromatic carbocycles. The van der Waals surface area contributed by atoms with E-state index in [0.717, 1.165) is 38.5 Å². The molecule has 138 valence electrons. The van der Waals surface area contributed by atoms with Crippen LogP contribution in [0.1, 0.15) is 82.0 Å². The van der Waals surface area contributed by atoms with Crippen molar-refractivity contribution in [3.05, 3.63) is 23.7 Å². The van der Waals surface area contributed by atoms with Gasteiger partial charge in [0, 0.05) is 6.42 Å². The zero-order chi connectivity index (χ0) is 17.7. The lowest BCUT2D eigenvalue weighted by atomic mass is 9.54. The molecule has 0 bridgehead atoms. The molecule has 3 aliphatic carbocycles. The molecule has 3 aliphatic rings. The van der Waals surface area contributed by atoms with Crippen molar-refractivity contribution >= 4 is 5.97 Å². The van der Waals surface area contributed by atoms with Crippen LogP contribution in [0.5, 0.6) is 0 Å². The minimum Gasteiger partial charge on any atom is -0.479 e. The van der Waals surface area contributed by atoms with E-state index in [1.54, 1.807) is 0 Å². The lowest BCUT2D eigenvalue weighted by Gasteiger charge is -2.50. The molecule has 4 heteroatoms. The summed E-state index contributed by atoms with van der Waals surface area (Å²) in [5.74, 6) is 1.27. The van der Waals surface area contributed by atoms with E-state index in [9.17, 15) is 15.0 Å². The highest BCUT2D eigenvalue weighted by atomic mass is 16.4. The van der Waals surface area contributed by atoms with Crippen molar-refractivity contribution < 1.29 is 19.4 Å². The standard InChI is InChI=1S/C21H30O4/c1-20-12-9-18-16(10-13-25-18)17(20)6-2-4-14(20)7-8-15-5-3-11-21(15,24)19(22)23/h10,13-15,17,24H,2-9,11-12H2,1H3,(H,22,23)/t14-,15-,17+,20-,21+/m0/s1. The van der Waals surface area contributed by atoms with Crippen molar-refractivity contribution in [1.82, 2.24) is 0 Å². The van der Waals surface area contributed by atoms with E-state index in [4.69, 9.17) is 4.42 Å². The Bertz CT molecular complexity index is 650. The van der Waals surface area contributed by atoms with Gasteiger partial charge in [-0.15, -0.1) is 0 Å². The van der Waals surface area contributed by atoms with Crippen molar-refractivity contribution in [2.24, 2.45) is 17.3 Å². The molecule has 2 saturated carbocycles. The third kappa shape index (κ3) is 2.64. The van der Waals surface area contributed by atoms with Crippen LogP contribution in [-0.4, -0.2) is 21.8 Å². The van der Waals surface area contributed by atoms with Gasteiger partial charge in [0.15, 0.2) is 5.60 Å². The van der Waals surface area contributed by atoms with E-state index < -0.39 is 11.6 Å². The molecular formula is C21H30O4. The molecule has 5 atom stereocenters. The maximum Gasteiger partial charge on any atom is 0.335 e. The number of rotatable bonds is 4. The summed E-state index contributed by atoms with van der Waals surface area (Å²) in [6.45, 7) is 2.44. The molecule has 0 aliphatic heterocycles. The average Bonchev–Trinajstić information content (AvgIpc) is 3.20. The number of hydrogen-bond acceptors (Lipinski definition) is 3. The zero-order valence-electron chi connectivity index (χ0n) is 15.2. The molecule has 4 nitrogen and oxygen atoms in total. The Balaban J connectivity index is 1.49. The van der Waals surface area contributed by atoms with Crippen LogP contribution < -0.4 is 0 Å². The van der Waals surface area contributed by atoms with Gasteiger partial charge in [0.2, 0.25) is 0 Å². The van der Waals surface area contributed by atoms with Gasteiger partial charge in [0.25, 0.3) is 0 Å². The molecule has 0 saturated heterocycles. The van der Waals surface area contributed by atoms with Gasteiger partial charge < -0.3 is 14.6 Å². The van der Waals surface area contributed by atoms with Gasteiger partial charge in [-0.05, 0) is 86.2 Å². The summed E-state index contributed by atoms with van der Waals surface area (Å²) in [7, 11) is 0. The maximum absolute atomic E-state index is 11.5. The number of carboxylic acid groups (broad SMARTS) is 1. The predicted molar refractivity (Wildman–Crippen MR) is 94.4 cm³/mol. The van der Waals surface area contributed by atoms with Crippen molar-refractivity contribution in [2.45, 2.75) is 82.7 Å². The van der Waals surface area contributed by atoms with E-state index in [1.165, 1.54) is 30.6 Å². The van der Waals surface area contributed by atoms with Crippen LogP contribution >= 0.6 is 0 Å². The number of aliphatic carboxylic acids is 1. The smallest absolute Gasteiger partial charge is 0.335 e. The van der Waals surface area contributed by atoms with Crippen LogP contribution in [-0.2, 0) is 11.2 Å². The summed E-state index contributed by atoms with van der Waals surface area (Å²) >= 11 is 0. The molecule has 25 heavy (non-hydrogen) atoms. The van der Waals surface area contributed by atoms with Gasteiger partial charge >= 0.3 is 5.97 Å². The highest BCUT2D eigenvalue weighted by molar-refractivity contribution is 5.78. The van der Waals surface area contributed by atoms with Gasteiger partial charge in [-0.2, -0.15) is 0 Å². The second kappa shape index (κ2) is 6.15. The van der Waals surface area contributed by atoms with Crippen LogP contribution in [0.4, 0.5) is 0 Å². The first-order valence-corrected chi connectivity index (χ1v) is 9.97. The second-order valence-corrected chi connectivity index (χ2v) is 8.88. The SMILES string of the molecule is C[C@@]12CCc3occc3[C@H]1CCC[C@H]2CC[C@@H]1CCC[C@]1(O)C(=O)O. The highest BCUT2D eigenvalue weighted by Crippen LogP contribution is 2.58. The Morgan fingerprint density at radius 1 is 1.20 bits per heavy atom. The summed E-state index contributed by atoms with van der Waals surface area (Å²) in [5.41, 5.74) is 0.218. The number of furan rings is 1. The van der Waals surface area contributed by atoms with Crippen LogP contribution in [0.15, 0.2) is 16.7 Å². The molecule has 0 amide bonds.